The Morgan fingerprint density at radius 1 is 0.193 bits per heavy atom. The van der Waals surface area contributed by atoms with Crippen LogP contribution >= 0.6 is 0 Å². The number of ether oxygens (including phenoxy) is 20. The van der Waals surface area contributed by atoms with Crippen LogP contribution in [0.2, 0.25) is 0 Å². The predicted octanol–water partition coefficient (Wildman–Crippen LogP) is 11.7. The molecule has 0 aliphatic rings. The first-order valence-electron chi connectivity index (χ1n) is 29.6. The summed E-state index contributed by atoms with van der Waals surface area (Å²) < 4.78 is 120. The Kier molecular flexibility index (Phi) is 293. The van der Waals surface area contributed by atoms with Crippen LogP contribution in [0.1, 0.15) is 174 Å². The van der Waals surface area contributed by atoms with Crippen LogP contribution in [0.4, 0.5) is 0 Å². The van der Waals surface area contributed by atoms with Gasteiger partial charge >= 0.3 is 0 Å². The van der Waals surface area contributed by atoms with Gasteiger partial charge in [0.2, 0.25) is 0 Å². The Morgan fingerprint density at radius 2 is 0.275 bits per heavy atom. The molecule has 0 saturated heterocycles. The van der Waals surface area contributed by atoms with Crippen LogP contribution in [-0.2, 0) is 133 Å². The average Bonchev–Trinajstić information content (AvgIpc) is 0.848. The highest BCUT2D eigenvalue weighted by atomic mass is 16.6. The molecular formula is C73H180O36. The molecule has 36 nitrogen and oxygen atoms in total. The van der Waals surface area contributed by atoms with Crippen molar-refractivity contribution in [3.05, 3.63) is 0 Å². The van der Waals surface area contributed by atoms with Crippen LogP contribution in [0.15, 0.2) is 0 Å². The first-order valence-corrected chi connectivity index (χ1v) is 29.6. The number of hydrogen-bond acceptors (Lipinski definition) is 28. The van der Waals surface area contributed by atoms with E-state index in [1.165, 1.54) is 0 Å². The van der Waals surface area contributed by atoms with Crippen molar-refractivity contribution in [3.63, 3.8) is 0 Å². The molecule has 0 amide bonds. The van der Waals surface area contributed by atoms with E-state index in [0.717, 1.165) is 0 Å². The molecule has 0 atom stereocenters. The molecule has 688 valence electrons. The lowest BCUT2D eigenvalue weighted by Gasteiger charge is -2.37. The van der Waals surface area contributed by atoms with Crippen LogP contribution < -0.4 is 0 Å². The van der Waals surface area contributed by atoms with Gasteiger partial charge in [-0.3, -0.25) is 38.4 Å². The zero-order valence-electron chi connectivity index (χ0n) is 55.9. The maximum Gasteiger partial charge on any atom is 0.290 e. The number of rotatable bonds is 60. The average molecular weight is 1630 g/mol. The SMILES string of the molecule is C.C.C.C.C.C.C.C.C.C.C.C.C.C.C.C.CCOCCOCC(COCCOCC)OCC(COC(COCCOCC)COCCOCC)(COC(COCCOCC)COCCOCC)COC(COCCOCC)COCCOCC.O=CO.O=CO.O=CO.O=CO.O=CO.O=CO.O=CO.O=CO. The summed E-state index contributed by atoms with van der Waals surface area (Å²) in [4.78, 5) is 66.9. The molecule has 109 heavy (non-hydrogen) atoms. The van der Waals surface area contributed by atoms with Crippen molar-refractivity contribution in [3.8, 4) is 0 Å². The van der Waals surface area contributed by atoms with Gasteiger partial charge in [-0.2, -0.15) is 0 Å². The van der Waals surface area contributed by atoms with Crippen molar-refractivity contribution in [2.24, 2.45) is 5.41 Å². The zero-order valence-corrected chi connectivity index (χ0v) is 55.9. The third kappa shape index (κ3) is 187. The predicted molar refractivity (Wildman–Crippen MR) is 437 cm³/mol. The lowest BCUT2D eigenvalue weighted by Crippen LogP contribution is -2.48. The van der Waals surface area contributed by atoms with Crippen molar-refractivity contribution in [2.75, 3.05) is 238 Å². The largest absolute Gasteiger partial charge is 0.483 e. The third-order valence-corrected chi connectivity index (χ3v) is 9.54. The van der Waals surface area contributed by atoms with E-state index in [-0.39, 0.29) is 250 Å². The van der Waals surface area contributed by atoms with Gasteiger partial charge in [0.1, 0.15) is 24.4 Å². The van der Waals surface area contributed by atoms with Gasteiger partial charge < -0.3 is 136 Å². The molecule has 0 aromatic heterocycles. The second-order valence-corrected chi connectivity index (χ2v) is 16.3. The molecule has 0 spiro atoms. The summed E-state index contributed by atoms with van der Waals surface area (Å²) >= 11 is 0. The highest BCUT2D eigenvalue weighted by Gasteiger charge is 2.37. The highest BCUT2D eigenvalue weighted by Crippen LogP contribution is 2.25. The summed E-state index contributed by atoms with van der Waals surface area (Å²) in [6, 6.07) is 0. The van der Waals surface area contributed by atoms with E-state index in [1.54, 1.807) is 0 Å². The van der Waals surface area contributed by atoms with E-state index in [9.17, 15) is 0 Å². The van der Waals surface area contributed by atoms with Crippen LogP contribution in [0, 0.1) is 5.41 Å². The lowest BCUT2D eigenvalue weighted by atomic mass is 9.91. The molecule has 0 aliphatic carbocycles. The van der Waals surface area contributed by atoms with Crippen molar-refractivity contribution >= 4 is 51.8 Å². The fourth-order valence-corrected chi connectivity index (χ4v) is 5.82. The summed E-state index contributed by atoms with van der Waals surface area (Å²) in [5.74, 6) is 0. The quantitative estimate of drug-likeness (QED) is 0.0207. The van der Waals surface area contributed by atoms with Crippen LogP contribution in [-0.4, -0.2) is 355 Å². The summed E-state index contributed by atoms with van der Waals surface area (Å²) in [6.07, 6.45) is -1.92. The molecule has 0 aromatic carbocycles. The van der Waals surface area contributed by atoms with Crippen LogP contribution in [0.3, 0.4) is 0 Å². The molecule has 0 aliphatic heterocycles. The fourth-order valence-electron chi connectivity index (χ4n) is 5.82. The van der Waals surface area contributed by atoms with Gasteiger partial charge in [-0.15, -0.1) is 0 Å². The van der Waals surface area contributed by atoms with E-state index in [2.05, 4.69) is 0 Å². The number of carboxylic acid groups (broad SMARTS) is 8. The Balaban J connectivity index is -0.0000000676. The molecule has 0 radical (unpaired) electrons. The third-order valence-electron chi connectivity index (χ3n) is 9.54. The first kappa shape index (κ1) is 177. The summed E-state index contributed by atoms with van der Waals surface area (Å²) in [5.41, 5.74) is -0.965. The Hall–Kier alpha value is -5.04. The molecule has 0 saturated carbocycles. The maximum atomic E-state index is 8.36. The highest BCUT2D eigenvalue weighted by molar-refractivity contribution is 5.34. The van der Waals surface area contributed by atoms with E-state index in [0.29, 0.717) is 159 Å². The van der Waals surface area contributed by atoms with E-state index in [4.69, 9.17) is 174 Å². The summed E-state index contributed by atoms with van der Waals surface area (Å²) in [5, 5.41) is 55.1. The van der Waals surface area contributed by atoms with Crippen LogP contribution in [0.5, 0.6) is 0 Å². The molecule has 0 bridgehead atoms. The van der Waals surface area contributed by atoms with Crippen LogP contribution in [0.25, 0.3) is 0 Å². The summed E-state index contributed by atoms with van der Waals surface area (Å²) in [7, 11) is 0. The number of hydrogen-bond donors (Lipinski definition) is 8. The van der Waals surface area contributed by atoms with Gasteiger partial charge in [-0.1, -0.05) is 119 Å². The smallest absolute Gasteiger partial charge is 0.290 e. The van der Waals surface area contributed by atoms with Crippen molar-refractivity contribution in [1.82, 2.24) is 0 Å². The second-order valence-electron chi connectivity index (χ2n) is 16.3. The molecular weight excluding hydrogens is 1450 g/mol. The minimum atomic E-state index is -0.965. The Bertz CT molecular complexity index is 1100. The van der Waals surface area contributed by atoms with Gasteiger partial charge in [0.05, 0.1) is 190 Å². The molecule has 8 N–H and O–H groups in total. The Morgan fingerprint density at radius 3 is 0.358 bits per heavy atom. The Labute approximate surface area is 665 Å². The van der Waals surface area contributed by atoms with E-state index >= 15 is 0 Å². The molecule has 36 heteroatoms. The molecule has 0 unspecified atom stereocenters. The van der Waals surface area contributed by atoms with Gasteiger partial charge in [0.25, 0.3) is 51.8 Å². The van der Waals surface area contributed by atoms with Gasteiger partial charge in [0, 0.05) is 52.9 Å². The molecule has 0 aromatic rings. The van der Waals surface area contributed by atoms with Gasteiger partial charge in [-0.25, -0.2) is 0 Å². The maximum absolute atomic E-state index is 8.36. The van der Waals surface area contributed by atoms with E-state index < -0.39 is 29.8 Å². The summed E-state index contributed by atoms with van der Waals surface area (Å²) in [6.45, 7) is 27.5. The van der Waals surface area contributed by atoms with Crippen molar-refractivity contribution < 1.29 is 174 Å². The lowest BCUT2D eigenvalue weighted by molar-refractivity contribution is -0.184. The minimum Gasteiger partial charge on any atom is -0.483 e. The second kappa shape index (κ2) is 181. The molecule has 0 rings (SSSR count). The van der Waals surface area contributed by atoms with Gasteiger partial charge in [0.15, 0.2) is 0 Å². The minimum absolute atomic E-state index is 0. The normalized spacial score (nSPS) is 8.70. The monoisotopic (exact) mass is 1630 g/mol. The molecule has 0 fully saturated rings. The topological polar surface area (TPSA) is 483 Å². The fraction of sp³-hybridized carbons (Fsp3) is 0.890. The van der Waals surface area contributed by atoms with E-state index in [1.807, 2.05) is 55.4 Å². The van der Waals surface area contributed by atoms with Crippen molar-refractivity contribution in [2.45, 2.75) is 199 Å². The zero-order chi connectivity index (χ0) is 72.1. The number of carbonyl (C=O) groups is 8. The van der Waals surface area contributed by atoms with Crippen molar-refractivity contribution in [1.29, 1.82) is 0 Å². The molecule has 0 heterocycles. The standard InChI is InChI=1S/C49H100O20.8CH2O2.16CH4/c1-9-50-17-25-58-33-45(34-59-26-18-51-10-2)66-41-49(42-67-46(35-60-27-19-52-11-3)36-61-28-20-53-12-4,43-68-47(37-62-29-21-54-13-5)38-63-30-22-55-14-6)44-69-48(39-64-31-23-56-15-7)40-65-32-24-57-16-8;8*2-1-3;;;;;;;;;;;;;;;;/h45-48H,9-44H2,1-8H3;8*1H,(H,2,3);16*1H4. The van der Waals surface area contributed by atoms with Gasteiger partial charge in [-0.05, 0) is 55.4 Å². The first-order chi connectivity index (χ1) is 45.3.